The first-order valence-corrected chi connectivity index (χ1v) is 24.2. The summed E-state index contributed by atoms with van der Waals surface area (Å²) in [6.07, 6.45) is 0. The van der Waals surface area contributed by atoms with Gasteiger partial charge in [-0.2, -0.15) is 0 Å². The lowest BCUT2D eigenvalue weighted by Gasteiger charge is -2.36. The van der Waals surface area contributed by atoms with Crippen LogP contribution in [0.25, 0.3) is 77.2 Å². The van der Waals surface area contributed by atoms with Gasteiger partial charge >= 0.3 is 0 Å². The monoisotopic (exact) mass is 889 g/mol. The van der Waals surface area contributed by atoms with Gasteiger partial charge in [0.1, 0.15) is 0 Å². The molecule has 1 aliphatic carbocycles. The molecule has 13 rings (SSSR count). The van der Waals surface area contributed by atoms with Crippen molar-refractivity contribution >= 4 is 38.6 Å². The van der Waals surface area contributed by atoms with E-state index in [1.807, 2.05) is 0 Å². The number of nitrogens with zero attached hydrogens (tertiary/aromatic N) is 1. The van der Waals surface area contributed by atoms with Gasteiger partial charge in [-0.1, -0.05) is 255 Å². The molecule has 328 valence electrons. The Balaban J connectivity index is 1.16. The summed E-state index contributed by atoms with van der Waals surface area (Å²) in [6, 6.07) is 105. The molecule has 1 nitrogen and oxygen atoms in total. The molecule has 0 bridgehead atoms. The van der Waals surface area contributed by atoms with E-state index in [-0.39, 0.29) is 0 Å². The first kappa shape index (κ1) is 41.2. The van der Waals surface area contributed by atoms with Gasteiger partial charge in [-0.25, -0.2) is 0 Å². The fourth-order valence-corrected chi connectivity index (χ4v) is 11.4. The highest BCUT2D eigenvalue weighted by Gasteiger charge is 2.46. The molecule has 0 spiro atoms. The molecule has 0 aromatic heterocycles. The van der Waals surface area contributed by atoms with Gasteiger partial charge < -0.3 is 4.90 Å². The van der Waals surface area contributed by atoms with Crippen molar-refractivity contribution in [3.8, 4) is 55.6 Å². The molecule has 0 saturated carbocycles. The van der Waals surface area contributed by atoms with E-state index < -0.39 is 5.41 Å². The molecule has 0 aliphatic heterocycles. The Labute approximate surface area is 409 Å². The third kappa shape index (κ3) is 6.78. The van der Waals surface area contributed by atoms with Crippen LogP contribution in [0, 0.1) is 0 Å². The number of fused-ring (bicyclic) bond motifs is 6. The van der Waals surface area contributed by atoms with Crippen molar-refractivity contribution in [3.63, 3.8) is 0 Å². The summed E-state index contributed by atoms with van der Waals surface area (Å²) in [5, 5.41) is 4.81. The van der Waals surface area contributed by atoms with Crippen LogP contribution in [0.3, 0.4) is 0 Å². The smallest absolute Gasteiger partial charge is 0.0714 e. The van der Waals surface area contributed by atoms with Crippen molar-refractivity contribution in [3.05, 3.63) is 307 Å². The summed E-state index contributed by atoms with van der Waals surface area (Å²) in [5.41, 5.74) is 19.6. The summed E-state index contributed by atoms with van der Waals surface area (Å²) in [6.45, 7) is 0. The standard InChI is InChI=1S/C69H47N/c1-5-22-48(23-6-1)51-40-42-52(43-41-51)67-63-36-15-13-32-59(63)60-33-14-16-37-64(60)68(67)70(58-45-53(49-24-7-2-8-25-49)44-54(46-58)50-26-9-3-10-27-50)57-31-21-30-56(47-57)69(55-28-11-4-12-29-55)65-38-19-17-34-61(65)62-35-18-20-39-66(62)69/h1-47H. The van der Waals surface area contributed by atoms with E-state index in [2.05, 4.69) is 290 Å². The highest BCUT2D eigenvalue weighted by atomic mass is 15.1. The molecule has 12 aromatic carbocycles. The number of anilines is 3. The first-order valence-electron chi connectivity index (χ1n) is 24.2. The molecule has 0 atom stereocenters. The normalized spacial score (nSPS) is 12.4. The molecule has 12 aromatic rings. The van der Waals surface area contributed by atoms with Crippen molar-refractivity contribution in [1.82, 2.24) is 0 Å². The Bertz CT molecular complexity index is 3750. The average Bonchev–Trinajstić information content (AvgIpc) is 3.75. The molecule has 0 fully saturated rings. The van der Waals surface area contributed by atoms with Crippen LogP contribution in [0.4, 0.5) is 17.1 Å². The fourth-order valence-electron chi connectivity index (χ4n) is 11.4. The van der Waals surface area contributed by atoms with Crippen molar-refractivity contribution in [2.75, 3.05) is 4.90 Å². The van der Waals surface area contributed by atoms with E-state index >= 15 is 0 Å². The quantitative estimate of drug-likeness (QED) is 0.131. The Kier molecular flexibility index (Phi) is 10.1. The highest BCUT2D eigenvalue weighted by molar-refractivity contribution is 6.22. The van der Waals surface area contributed by atoms with Gasteiger partial charge in [-0.15, -0.1) is 0 Å². The topological polar surface area (TPSA) is 3.24 Å². The minimum Gasteiger partial charge on any atom is -0.309 e. The average molecular weight is 890 g/mol. The van der Waals surface area contributed by atoms with Gasteiger partial charge in [0.15, 0.2) is 0 Å². The minimum atomic E-state index is -0.585. The van der Waals surface area contributed by atoms with Crippen molar-refractivity contribution in [2.45, 2.75) is 5.41 Å². The van der Waals surface area contributed by atoms with Gasteiger partial charge in [0.05, 0.1) is 11.1 Å². The molecule has 1 aliphatic rings. The zero-order valence-electron chi connectivity index (χ0n) is 38.6. The zero-order valence-corrected chi connectivity index (χ0v) is 38.6. The van der Waals surface area contributed by atoms with Crippen LogP contribution in [-0.2, 0) is 5.41 Å². The Hall–Kier alpha value is -9.04. The lowest BCUT2D eigenvalue weighted by molar-refractivity contribution is 0.768. The zero-order chi connectivity index (χ0) is 46.4. The number of hydrogen-bond donors (Lipinski definition) is 0. The summed E-state index contributed by atoms with van der Waals surface area (Å²) >= 11 is 0. The van der Waals surface area contributed by atoms with E-state index in [0.717, 1.165) is 44.9 Å². The van der Waals surface area contributed by atoms with E-state index in [1.54, 1.807) is 0 Å². The van der Waals surface area contributed by atoms with E-state index in [1.165, 1.54) is 71.6 Å². The van der Waals surface area contributed by atoms with Crippen LogP contribution in [0.1, 0.15) is 22.3 Å². The highest BCUT2D eigenvalue weighted by Crippen LogP contribution is 2.57. The first-order chi connectivity index (χ1) is 34.7. The van der Waals surface area contributed by atoms with Gasteiger partial charge in [0.25, 0.3) is 0 Å². The third-order valence-electron chi connectivity index (χ3n) is 14.5. The van der Waals surface area contributed by atoms with Gasteiger partial charge in [-0.3, -0.25) is 0 Å². The maximum Gasteiger partial charge on any atom is 0.0714 e. The molecule has 0 saturated heterocycles. The van der Waals surface area contributed by atoms with Crippen LogP contribution in [-0.4, -0.2) is 0 Å². The fraction of sp³-hybridized carbons (Fsp3) is 0.0145. The molecule has 0 N–H and O–H groups in total. The molecular formula is C69H47N. The van der Waals surface area contributed by atoms with Crippen molar-refractivity contribution in [1.29, 1.82) is 0 Å². The van der Waals surface area contributed by atoms with Crippen LogP contribution in [0.15, 0.2) is 285 Å². The molecule has 0 unspecified atom stereocenters. The molecule has 0 amide bonds. The molecule has 0 heterocycles. The predicted molar refractivity (Wildman–Crippen MR) is 295 cm³/mol. The molecule has 70 heavy (non-hydrogen) atoms. The van der Waals surface area contributed by atoms with E-state index in [4.69, 9.17) is 0 Å². The van der Waals surface area contributed by atoms with Crippen LogP contribution >= 0.6 is 0 Å². The van der Waals surface area contributed by atoms with Gasteiger partial charge in [0, 0.05) is 22.3 Å². The number of benzene rings is 12. The Morgan fingerprint density at radius 2 is 0.657 bits per heavy atom. The van der Waals surface area contributed by atoms with E-state index in [9.17, 15) is 0 Å². The molecule has 1 heteroatoms. The summed E-state index contributed by atoms with van der Waals surface area (Å²) in [5.74, 6) is 0. The molecular weight excluding hydrogens is 843 g/mol. The maximum atomic E-state index is 2.57. The van der Waals surface area contributed by atoms with Crippen LogP contribution < -0.4 is 4.90 Å². The number of rotatable bonds is 9. The SMILES string of the molecule is c1ccc(-c2ccc(-c3c(N(c4cc(-c5ccccc5)cc(-c5ccccc5)c4)c4cccc(C5(c6ccccc6)c6ccccc6-c6ccccc65)c4)c4ccccc4c4ccccc34)cc2)cc1. The summed E-state index contributed by atoms with van der Waals surface area (Å²) < 4.78 is 0. The maximum absolute atomic E-state index is 2.57. The Morgan fingerprint density at radius 1 is 0.243 bits per heavy atom. The summed E-state index contributed by atoms with van der Waals surface area (Å²) in [4.78, 5) is 2.57. The lowest BCUT2D eigenvalue weighted by Crippen LogP contribution is -2.28. The second-order valence-electron chi connectivity index (χ2n) is 18.4. The van der Waals surface area contributed by atoms with Gasteiger partial charge in [0.2, 0.25) is 0 Å². The summed E-state index contributed by atoms with van der Waals surface area (Å²) in [7, 11) is 0. The Morgan fingerprint density at radius 3 is 1.23 bits per heavy atom. The second-order valence-corrected chi connectivity index (χ2v) is 18.4. The van der Waals surface area contributed by atoms with Crippen molar-refractivity contribution in [2.24, 2.45) is 0 Å². The van der Waals surface area contributed by atoms with Gasteiger partial charge in [-0.05, 0) is 119 Å². The molecule has 0 radical (unpaired) electrons. The predicted octanol–water partition coefficient (Wildman–Crippen LogP) is 18.5. The second kappa shape index (κ2) is 17.2. The van der Waals surface area contributed by atoms with Crippen LogP contribution in [0.2, 0.25) is 0 Å². The van der Waals surface area contributed by atoms with Crippen LogP contribution in [0.5, 0.6) is 0 Å². The largest absolute Gasteiger partial charge is 0.309 e. The number of hydrogen-bond acceptors (Lipinski definition) is 1. The minimum absolute atomic E-state index is 0.585. The van der Waals surface area contributed by atoms with Crippen molar-refractivity contribution < 1.29 is 0 Å². The van der Waals surface area contributed by atoms with E-state index in [0.29, 0.717) is 0 Å². The lowest BCUT2D eigenvalue weighted by atomic mass is 9.67. The third-order valence-corrected chi connectivity index (χ3v) is 14.5.